The first-order valence-electron chi connectivity index (χ1n) is 12.1. The Bertz CT molecular complexity index is 1820. The van der Waals surface area contributed by atoms with Crippen molar-refractivity contribution >= 4 is 28.2 Å². The number of hydrogen-bond donors (Lipinski definition) is 3. The summed E-state index contributed by atoms with van der Waals surface area (Å²) in [5.41, 5.74) is 1.35. The first-order chi connectivity index (χ1) is 19.0. The maximum Gasteiger partial charge on any atom is 0.416 e. The molecule has 40 heavy (non-hydrogen) atoms. The van der Waals surface area contributed by atoms with Crippen LogP contribution in [-0.4, -0.2) is 25.9 Å². The van der Waals surface area contributed by atoms with Crippen molar-refractivity contribution in [2.75, 3.05) is 0 Å². The van der Waals surface area contributed by atoms with E-state index in [4.69, 9.17) is 0 Å². The van der Waals surface area contributed by atoms with Crippen LogP contribution in [0.4, 0.5) is 24.5 Å². The summed E-state index contributed by atoms with van der Waals surface area (Å²) in [6, 6.07) is 18.8. The highest BCUT2D eigenvalue weighted by Crippen LogP contribution is 2.45. The number of rotatable bonds is 5. The van der Waals surface area contributed by atoms with E-state index in [1.54, 1.807) is 37.3 Å². The summed E-state index contributed by atoms with van der Waals surface area (Å²) in [6.07, 6.45) is -4.59. The number of azo groups is 1. The second kappa shape index (κ2) is 9.88. The van der Waals surface area contributed by atoms with Crippen LogP contribution in [0, 0.1) is 13.8 Å². The third kappa shape index (κ3) is 4.64. The van der Waals surface area contributed by atoms with Crippen LogP contribution in [0.25, 0.3) is 27.7 Å². The maximum absolute atomic E-state index is 13.5. The number of hydrogen-bond acceptors (Lipinski definition) is 5. The minimum absolute atomic E-state index is 0.0478. The molecule has 0 aliphatic rings. The number of phenolic OH excluding ortho intramolecular Hbond substituents is 1. The van der Waals surface area contributed by atoms with Gasteiger partial charge in [-0.1, -0.05) is 42.5 Å². The normalized spacial score (nSPS) is 11.9. The summed E-state index contributed by atoms with van der Waals surface area (Å²) >= 11 is 0. The van der Waals surface area contributed by atoms with Gasteiger partial charge in [-0.2, -0.15) is 13.2 Å². The molecule has 10 heteroatoms. The van der Waals surface area contributed by atoms with Crippen LogP contribution in [0.3, 0.4) is 0 Å². The molecule has 0 saturated heterocycles. The number of aryl methyl sites for hydroxylation is 2. The number of benzene rings is 4. The van der Waals surface area contributed by atoms with Crippen molar-refractivity contribution in [3.63, 3.8) is 0 Å². The van der Waals surface area contributed by atoms with Crippen molar-refractivity contribution in [1.29, 1.82) is 0 Å². The van der Waals surface area contributed by atoms with Crippen molar-refractivity contribution < 1.29 is 33.3 Å². The van der Waals surface area contributed by atoms with Crippen LogP contribution in [0.2, 0.25) is 0 Å². The van der Waals surface area contributed by atoms with Crippen LogP contribution in [-0.2, 0) is 6.18 Å². The van der Waals surface area contributed by atoms with Crippen LogP contribution in [0.5, 0.6) is 11.6 Å². The minimum Gasteiger partial charge on any atom is -0.507 e. The van der Waals surface area contributed by atoms with E-state index in [0.717, 1.165) is 17.7 Å². The van der Waals surface area contributed by atoms with Gasteiger partial charge < -0.3 is 15.3 Å². The zero-order valence-corrected chi connectivity index (χ0v) is 21.2. The van der Waals surface area contributed by atoms with E-state index in [1.165, 1.54) is 34.9 Å². The first kappa shape index (κ1) is 26.5. The molecule has 0 bridgehead atoms. The van der Waals surface area contributed by atoms with Gasteiger partial charge >= 0.3 is 12.1 Å². The van der Waals surface area contributed by atoms with Gasteiger partial charge in [0.2, 0.25) is 5.88 Å². The minimum atomic E-state index is -4.59. The second-order valence-electron chi connectivity index (χ2n) is 9.26. The van der Waals surface area contributed by atoms with Crippen molar-refractivity contribution in [3.05, 3.63) is 101 Å². The van der Waals surface area contributed by atoms with E-state index in [-0.39, 0.29) is 33.9 Å². The summed E-state index contributed by atoms with van der Waals surface area (Å²) in [5.74, 6) is -1.85. The number of aromatic hydroxyl groups is 2. The molecular weight excluding hydrogens is 523 g/mol. The van der Waals surface area contributed by atoms with Crippen molar-refractivity contribution in [3.8, 4) is 28.4 Å². The fraction of sp³-hybridized carbons (Fsp3) is 0.100. The van der Waals surface area contributed by atoms with Crippen LogP contribution < -0.4 is 0 Å². The molecular formula is C30H22F3N3O4. The molecule has 3 N–H and O–H groups in total. The third-order valence-corrected chi connectivity index (χ3v) is 6.50. The molecule has 1 aromatic heterocycles. The summed E-state index contributed by atoms with van der Waals surface area (Å²) in [6.45, 7) is 3.58. The summed E-state index contributed by atoms with van der Waals surface area (Å²) in [4.78, 5) is 12.1. The highest BCUT2D eigenvalue weighted by molar-refractivity contribution is 6.00. The number of phenols is 1. The third-order valence-electron chi connectivity index (χ3n) is 6.50. The van der Waals surface area contributed by atoms with Crippen molar-refractivity contribution in [2.45, 2.75) is 20.0 Å². The molecule has 0 fully saturated rings. The molecule has 202 valence electrons. The van der Waals surface area contributed by atoms with Gasteiger partial charge in [-0.3, -0.25) is 4.57 Å². The Balaban J connectivity index is 1.77. The topological polar surface area (TPSA) is 107 Å². The molecule has 0 aliphatic heterocycles. The lowest BCUT2D eigenvalue weighted by molar-refractivity contribution is -0.137. The molecule has 0 saturated carbocycles. The smallest absolute Gasteiger partial charge is 0.416 e. The average Bonchev–Trinajstić information content (AvgIpc) is 3.18. The molecule has 0 amide bonds. The Morgan fingerprint density at radius 2 is 1.50 bits per heavy atom. The quantitative estimate of drug-likeness (QED) is 0.193. The van der Waals surface area contributed by atoms with Gasteiger partial charge in [0.05, 0.1) is 16.6 Å². The van der Waals surface area contributed by atoms with Crippen molar-refractivity contribution in [1.82, 2.24) is 4.57 Å². The Morgan fingerprint density at radius 1 is 0.825 bits per heavy atom. The zero-order chi connectivity index (χ0) is 28.8. The Morgan fingerprint density at radius 3 is 2.20 bits per heavy atom. The van der Waals surface area contributed by atoms with E-state index in [9.17, 15) is 33.3 Å². The number of para-hydroxylation sites is 1. The molecule has 0 atom stereocenters. The number of aromatic carboxylic acids is 1. The van der Waals surface area contributed by atoms with Gasteiger partial charge in [0.1, 0.15) is 11.4 Å². The molecule has 0 radical (unpaired) electrons. The van der Waals surface area contributed by atoms with Gasteiger partial charge in [0.15, 0.2) is 5.69 Å². The fourth-order valence-electron chi connectivity index (χ4n) is 4.78. The first-order valence-corrected chi connectivity index (χ1v) is 12.1. The molecule has 5 aromatic rings. The number of nitrogens with zero attached hydrogens (tertiary/aromatic N) is 3. The van der Waals surface area contributed by atoms with Crippen LogP contribution in [0.1, 0.15) is 27.0 Å². The summed E-state index contributed by atoms with van der Waals surface area (Å²) < 4.78 is 41.7. The van der Waals surface area contributed by atoms with E-state index in [1.807, 2.05) is 13.0 Å². The number of aromatic nitrogens is 1. The lowest BCUT2D eigenvalue weighted by Crippen LogP contribution is -2.06. The number of carboxylic acid groups (broad SMARTS) is 1. The summed E-state index contributed by atoms with van der Waals surface area (Å²) in [5, 5.41) is 40.5. The maximum atomic E-state index is 13.5. The number of carbonyl (C=O) groups is 1. The monoisotopic (exact) mass is 545 g/mol. The average molecular weight is 546 g/mol. The van der Waals surface area contributed by atoms with Gasteiger partial charge in [0, 0.05) is 22.2 Å². The molecule has 1 heterocycles. The molecule has 5 rings (SSSR count). The predicted molar refractivity (Wildman–Crippen MR) is 144 cm³/mol. The molecule has 4 aromatic carbocycles. The predicted octanol–water partition coefficient (Wildman–Crippen LogP) is 8.46. The van der Waals surface area contributed by atoms with Gasteiger partial charge in [-0.05, 0) is 61.4 Å². The second-order valence-corrected chi connectivity index (χ2v) is 9.26. The Kier molecular flexibility index (Phi) is 6.54. The standard InChI is InChI=1S/C30H22F3N3O4/c1-16-13-17(2)25-23(14-16)36(19-8-5-7-18(15-19)30(31,32)33)28(38)27(25)35-34-26-21(10-6-11-22(26)29(39)40)20-9-3-4-12-24(20)37/h3-15,37-38H,1-2H3,(H,39,40). The number of fused-ring (bicyclic) bond motifs is 1. The molecule has 0 aliphatic carbocycles. The lowest BCUT2D eigenvalue weighted by atomic mass is 9.99. The van der Waals surface area contributed by atoms with Gasteiger partial charge in [0.25, 0.3) is 0 Å². The van der Waals surface area contributed by atoms with Crippen LogP contribution in [0.15, 0.2) is 89.1 Å². The Labute approximate surface area is 226 Å². The van der Waals surface area contributed by atoms with Gasteiger partial charge in [-0.25, -0.2) is 4.79 Å². The molecule has 7 nitrogen and oxygen atoms in total. The Hall–Kier alpha value is -5.12. The number of halogens is 3. The molecule has 0 spiro atoms. The van der Waals surface area contributed by atoms with Crippen molar-refractivity contribution in [2.24, 2.45) is 10.2 Å². The number of carboxylic acids is 1. The number of alkyl halides is 3. The lowest BCUT2D eigenvalue weighted by Gasteiger charge is -2.12. The van der Waals surface area contributed by atoms with E-state index in [0.29, 0.717) is 22.0 Å². The zero-order valence-electron chi connectivity index (χ0n) is 21.2. The largest absolute Gasteiger partial charge is 0.507 e. The highest BCUT2D eigenvalue weighted by atomic mass is 19.4. The summed E-state index contributed by atoms with van der Waals surface area (Å²) in [7, 11) is 0. The van der Waals surface area contributed by atoms with E-state index >= 15 is 0 Å². The van der Waals surface area contributed by atoms with E-state index < -0.39 is 23.6 Å². The van der Waals surface area contributed by atoms with Crippen LogP contribution >= 0.6 is 0 Å². The molecule has 0 unspecified atom stereocenters. The van der Waals surface area contributed by atoms with E-state index in [2.05, 4.69) is 10.2 Å². The van der Waals surface area contributed by atoms with Gasteiger partial charge in [-0.15, -0.1) is 10.2 Å². The fourth-order valence-corrected chi connectivity index (χ4v) is 4.78. The SMILES string of the molecule is Cc1cc(C)c2c(N=Nc3c(C(=O)O)cccc3-c3ccccc3O)c(O)n(-c3cccc(C(F)(F)F)c3)c2c1. The highest BCUT2D eigenvalue weighted by Gasteiger charge is 2.31.